The van der Waals surface area contributed by atoms with Gasteiger partial charge in [-0.15, -0.1) is 0 Å². The number of carboxylic acid groups (broad SMARTS) is 1. The molecule has 0 radical (unpaired) electrons. The molecule has 1 saturated heterocycles. The van der Waals surface area contributed by atoms with Gasteiger partial charge in [-0.25, -0.2) is 0 Å². The molecule has 0 aromatic rings. The lowest BCUT2D eigenvalue weighted by Gasteiger charge is -2.32. The maximum atomic E-state index is 11.1. The van der Waals surface area contributed by atoms with E-state index in [0.717, 1.165) is 13.0 Å². The molecular formula is C13H25NO2. The van der Waals surface area contributed by atoms with Gasteiger partial charge in [-0.05, 0) is 32.7 Å². The zero-order valence-corrected chi connectivity index (χ0v) is 10.8. The number of carbonyl (C=O) groups is 1. The van der Waals surface area contributed by atoms with E-state index < -0.39 is 5.97 Å². The predicted molar refractivity (Wildman–Crippen MR) is 65.5 cm³/mol. The molecule has 3 heteroatoms. The van der Waals surface area contributed by atoms with E-state index in [-0.39, 0.29) is 12.0 Å². The van der Waals surface area contributed by atoms with Gasteiger partial charge in [-0.3, -0.25) is 9.69 Å². The van der Waals surface area contributed by atoms with Crippen LogP contribution in [-0.2, 0) is 4.79 Å². The van der Waals surface area contributed by atoms with Gasteiger partial charge < -0.3 is 5.11 Å². The number of hydrogen-bond donors (Lipinski definition) is 1. The third-order valence-electron chi connectivity index (χ3n) is 3.83. The summed E-state index contributed by atoms with van der Waals surface area (Å²) in [6.07, 6.45) is 5.59. The Morgan fingerprint density at radius 2 is 1.94 bits per heavy atom. The molecule has 1 rings (SSSR count). The number of carboxylic acids is 1. The Morgan fingerprint density at radius 1 is 1.38 bits per heavy atom. The van der Waals surface area contributed by atoms with Crippen LogP contribution in [0.5, 0.6) is 0 Å². The topological polar surface area (TPSA) is 40.5 Å². The van der Waals surface area contributed by atoms with Gasteiger partial charge >= 0.3 is 5.97 Å². The van der Waals surface area contributed by atoms with E-state index in [2.05, 4.69) is 25.7 Å². The molecule has 16 heavy (non-hydrogen) atoms. The number of hydrogen-bond acceptors (Lipinski definition) is 2. The highest BCUT2D eigenvalue weighted by Crippen LogP contribution is 2.29. The van der Waals surface area contributed by atoms with Crippen molar-refractivity contribution in [1.82, 2.24) is 4.90 Å². The van der Waals surface area contributed by atoms with Gasteiger partial charge in [0.05, 0.1) is 5.92 Å². The van der Waals surface area contributed by atoms with Crippen molar-refractivity contribution in [3.8, 4) is 0 Å². The summed E-state index contributed by atoms with van der Waals surface area (Å²) < 4.78 is 0. The molecule has 94 valence electrons. The molecule has 0 aromatic heterocycles. The molecule has 0 aliphatic carbocycles. The van der Waals surface area contributed by atoms with E-state index in [1.54, 1.807) is 0 Å². The molecule has 0 saturated carbocycles. The molecule has 2 unspecified atom stereocenters. The lowest BCUT2D eigenvalue weighted by molar-refractivity contribution is -0.142. The zero-order valence-electron chi connectivity index (χ0n) is 10.8. The second kappa shape index (κ2) is 6.24. The van der Waals surface area contributed by atoms with Crippen molar-refractivity contribution >= 4 is 5.97 Å². The summed E-state index contributed by atoms with van der Waals surface area (Å²) in [5.41, 5.74) is 0. The van der Waals surface area contributed by atoms with Crippen molar-refractivity contribution in [2.45, 2.75) is 65.0 Å². The average molecular weight is 227 g/mol. The average Bonchev–Trinajstić information content (AvgIpc) is 2.60. The van der Waals surface area contributed by atoms with E-state index in [4.69, 9.17) is 5.11 Å². The van der Waals surface area contributed by atoms with Crippen LogP contribution in [0.1, 0.15) is 52.9 Å². The fraction of sp³-hybridized carbons (Fsp3) is 0.923. The fourth-order valence-electron chi connectivity index (χ4n) is 2.95. The Balaban J connectivity index is 2.61. The van der Waals surface area contributed by atoms with Crippen molar-refractivity contribution in [2.24, 2.45) is 5.92 Å². The van der Waals surface area contributed by atoms with Crippen molar-refractivity contribution in [2.75, 3.05) is 6.54 Å². The van der Waals surface area contributed by atoms with Crippen LogP contribution < -0.4 is 0 Å². The molecule has 0 bridgehead atoms. The highest BCUT2D eigenvalue weighted by atomic mass is 16.4. The van der Waals surface area contributed by atoms with Crippen LogP contribution in [0.4, 0.5) is 0 Å². The minimum absolute atomic E-state index is 0.156. The van der Waals surface area contributed by atoms with E-state index in [9.17, 15) is 4.79 Å². The highest BCUT2D eigenvalue weighted by molar-refractivity contribution is 5.71. The van der Waals surface area contributed by atoms with Crippen LogP contribution in [0, 0.1) is 5.92 Å². The Hall–Kier alpha value is -0.570. The molecule has 1 heterocycles. The fourth-order valence-corrected chi connectivity index (χ4v) is 2.95. The first kappa shape index (κ1) is 13.5. The van der Waals surface area contributed by atoms with Crippen LogP contribution in [-0.4, -0.2) is 34.6 Å². The van der Waals surface area contributed by atoms with Crippen molar-refractivity contribution in [3.05, 3.63) is 0 Å². The standard InChI is InChI=1S/C13H25NO2/c1-4-6-11(7-5-2)14-9-8-12(10(14)3)13(15)16/h10-12H,4-9H2,1-3H3,(H,15,16). The second-order valence-corrected chi connectivity index (χ2v) is 4.94. The molecule has 2 atom stereocenters. The summed E-state index contributed by atoms with van der Waals surface area (Å²) in [7, 11) is 0. The molecule has 0 amide bonds. The Labute approximate surface area is 98.8 Å². The summed E-state index contributed by atoms with van der Waals surface area (Å²) in [6.45, 7) is 7.45. The largest absolute Gasteiger partial charge is 0.481 e. The third kappa shape index (κ3) is 2.97. The maximum absolute atomic E-state index is 11.1. The SMILES string of the molecule is CCCC(CCC)N1CCC(C(=O)O)C1C. The van der Waals surface area contributed by atoms with Gasteiger partial charge in [0, 0.05) is 12.1 Å². The molecule has 0 spiro atoms. The third-order valence-corrected chi connectivity index (χ3v) is 3.83. The zero-order chi connectivity index (χ0) is 12.1. The molecule has 1 aliphatic rings. The molecule has 3 nitrogen and oxygen atoms in total. The number of nitrogens with zero attached hydrogens (tertiary/aromatic N) is 1. The van der Waals surface area contributed by atoms with Gasteiger partial charge in [0.15, 0.2) is 0 Å². The van der Waals surface area contributed by atoms with E-state index in [1.165, 1.54) is 25.7 Å². The number of aliphatic carboxylic acids is 1. The first-order valence-electron chi connectivity index (χ1n) is 6.60. The van der Waals surface area contributed by atoms with E-state index >= 15 is 0 Å². The normalized spacial score (nSPS) is 26.5. The Morgan fingerprint density at radius 3 is 2.31 bits per heavy atom. The summed E-state index contributed by atoms with van der Waals surface area (Å²) in [4.78, 5) is 13.5. The summed E-state index contributed by atoms with van der Waals surface area (Å²) in [5.74, 6) is -0.780. The first-order chi connectivity index (χ1) is 7.61. The van der Waals surface area contributed by atoms with Crippen LogP contribution in [0.2, 0.25) is 0 Å². The Bertz CT molecular complexity index is 224. The first-order valence-corrected chi connectivity index (χ1v) is 6.60. The predicted octanol–water partition coefficient (Wildman–Crippen LogP) is 2.75. The quantitative estimate of drug-likeness (QED) is 0.758. The van der Waals surface area contributed by atoms with E-state index in [0.29, 0.717) is 6.04 Å². The van der Waals surface area contributed by atoms with Crippen molar-refractivity contribution in [3.63, 3.8) is 0 Å². The van der Waals surface area contributed by atoms with Crippen molar-refractivity contribution in [1.29, 1.82) is 0 Å². The van der Waals surface area contributed by atoms with Gasteiger partial charge in [0.1, 0.15) is 0 Å². The van der Waals surface area contributed by atoms with Gasteiger partial charge in [0.2, 0.25) is 0 Å². The second-order valence-electron chi connectivity index (χ2n) is 4.94. The highest BCUT2D eigenvalue weighted by Gasteiger charge is 2.38. The summed E-state index contributed by atoms with van der Waals surface area (Å²) in [6, 6.07) is 0.801. The molecule has 1 aliphatic heterocycles. The smallest absolute Gasteiger partial charge is 0.308 e. The summed E-state index contributed by atoms with van der Waals surface area (Å²) in [5, 5.41) is 9.12. The molecule has 1 fully saturated rings. The van der Waals surface area contributed by atoms with Crippen LogP contribution in [0.25, 0.3) is 0 Å². The maximum Gasteiger partial charge on any atom is 0.308 e. The number of rotatable bonds is 6. The van der Waals surface area contributed by atoms with E-state index in [1.807, 2.05) is 0 Å². The van der Waals surface area contributed by atoms with Crippen LogP contribution in [0.15, 0.2) is 0 Å². The number of likely N-dealkylation sites (tertiary alicyclic amines) is 1. The lowest BCUT2D eigenvalue weighted by atomic mass is 10.00. The molecular weight excluding hydrogens is 202 g/mol. The molecule has 0 aromatic carbocycles. The minimum Gasteiger partial charge on any atom is -0.481 e. The van der Waals surface area contributed by atoms with Crippen molar-refractivity contribution < 1.29 is 9.90 Å². The van der Waals surface area contributed by atoms with Gasteiger partial charge in [-0.1, -0.05) is 26.7 Å². The van der Waals surface area contributed by atoms with Gasteiger partial charge in [0.25, 0.3) is 0 Å². The molecule has 1 N–H and O–H groups in total. The van der Waals surface area contributed by atoms with Crippen LogP contribution in [0.3, 0.4) is 0 Å². The summed E-state index contributed by atoms with van der Waals surface area (Å²) >= 11 is 0. The minimum atomic E-state index is -0.623. The lowest BCUT2D eigenvalue weighted by Crippen LogP contribution is -2.40. The van der Waals surface area contributed by atoms with Gasteiger partial charge in [-0.2, -0.15) is 0 Å². The Kier molecular flexibility index (Phi) is 5.26. The van der Waals surface area contributed by atoms with Crippen LogP contribution >= 0.6 is 0 Å². The monoisotopic (exact) mass is 227 g/mol.